The summed E-state index contributed by atoms with van der Waals surface area (Å²) in [4.78, 5) is 37.6. The normalized spacial score (nSPS) is 14.3. The van der Waals surface area contributed by atoms with Crippen molar-refractivity contribution in [1.29, 1.82) is 0 Å². The van der Waals surface area contributed by atoms with Gasteiger partial charge in [0.1, 0.15) is 11.6 Å². The van der Waals surface area contributed by atoms with Gasteiger partial charge in [-0.05, 0) is 61.4 Å². The van der Waals surface area contributed by atoms with Gasteiger partial charge >= 0.3 is 17.8 Å². The van der Waals surface area contributed by atoms with Crippen LogP contribution in [0.4, 0.5) is 10.1 Å². The number of esters is 1. The first kappa shape index (κ1) is 21.5. The molecule has 0 radical (unpaired) electrons. The van der Waals surface area contributed by atoms with E-state index in [1.807, 2.05) is 0 Å². The molecule has 0 spiro atoms. The Labute approximate surface area is 175 Å². The number of aryl methyl sites for hydroxylation is 1. The highest BCUT2D eigenvalue weighted by Gasteiger charge is 2.27. The average molecular weight is 412 g/mol. The highest BCUT2D eigenvalue weighted by atomic mass is 19.1. The lowest BCUT2D eigenvalue weighted by molar-refractivity contribution is -0.144. The predicted octanol–water partition coefficient (Wildman–Crippen LogP) is 3.48. The van der Waals surface area contributed by atoms with E-state index in [0.717, 1.165) is 30.4 Å². The lowest BCUT2D eigenvalue weighted by atomic mass is 9.90. The quantitative estimate of drug-likeness (QED) is 0.474. The van der Waals surface area contributed by atoms with Gasteiger partial charge < -0.3 is 15.0 Å². The van der Waals surface area contributed by atoms with Crippen LogP contribution in [-0.4, -0.2) is 35.8 Å². The first-order chi connectivity index (χ1) is 14.3. The van der Waals surface area contributed by atoms with Crippen LogP contribution in [0.1, 0.15) is 30.9 Å². The van der Waals surface area contributed by atoms with Crippen molar-refractivity contribution in [2.24, 2.45) is 5.92 Å². The minimum atomic E-state index is -0.718. The van der Waals surface area contributed by atoms with Gasteiger partial charge in [-0.2, -0.15) is 0 Å². The molecule has 158 valence electrons. The first-order valence-corrected chi connectivity index (χ1v) is 9.95. The maximum Gasteiger partial charge on any atom is 0.313 e. The van der Waals surface area contributed by atoms with Gasteiger partial charge in [-0.25, -0.2) is 4.39 Å². The van der Waals surface area contributed by atoms with E-state index in [1.165, 1.54) is 25.1 Å². The van der Waals surface area contributed by atoms with Crippen LogP contribution < -0.4 is 10.1 Å². The van der Waals surface area contributed by atoms with E-state index in [-0.39, 0.29) is 5.82 Å². The number of carbonyl (C=O) groups is 3. The van der Waals surface area contributed by atoms with Crippen LogP contribution >= 0.6 is 0 Å². The number of hydrogen-bond donors (Lipinski definition) is 1. The average Bonchev–Trinajstić information content (AvgIpc) is 2.72. The van der Waals surface area contributed by atoms with E-state index in [0.29, 0.717) is 30.4 Å². The SMILES string of the molecule is CC(=O)Oc1cc(NC(=O)C(=O)N2CCC(Cc3ccc(F)cc3)CC2)ccc1C. The van der Waals surface area contributed by atoms with Crippen LogP contribution in [0, 0.1) is 18.7 Å². The Hall–Kier alpha value is -3.22. The van der Waals surface area contributed by atoms with Crippen LogP contribution in [0.25, 0.3) is 0 Å². The fourth-order valence-electron chi connectivity index (χ4n) is 3.56. The number of nitrogens with one attached hydrogen (secondary N) is 1. The summed E-state index contributed by atoms with van der Waals surface area (Å²) in [5.41, 5.74) is 2.21. The molecule has 0 saturated carbocycles. The molecule has 0 unspecified atom stereocenters. The monoisotopic (exact) mass is 412 g/mol. The summed E-state index contributed by atoms with van der Waals surface area (Å²) in [6.07, 6.45) is 2.41. The van der Waals surface area contributed by atoms with Gasteiger partial charge in [-0.3, -0.25) is 14.4 Å². The summed E-state index contributed by atoms with van der Waals surface area (Å²) >= 11 is 0. The maximum absolute atomic E-state index is 13.0. The lowest BCUT2D eigenvalue weighted by Crippen LogP contribution is -2.44. The third kappa shape index (κ3) is 5.65. The van der Waals surface area contributed by atoms with Crippen LogP contribution in [0.15, 0.2) is 42.5 Å². The Morgan fingerprint density at radius 2 is 1.77 bits per heavy atom. The lowest BCUT2D eigenvalue weighted by Gasteiger charge is -2.31. The molecule has 1 heterocycles. The number of rotatable bonds is 4. The molecular weight excluding hydrogens is 387 g/mol. The van der Waals surface area contributed by atoms with Crippen molar-refractivity contribution in [1.82, 2.24) is 4.90 Å². The van der Waals surface area contributed by atoms with Crippen molar-refractivity contribution in [3.63, 3.8) is 0 Å². The molecule has 1 aliphatic heterocycles. The second-order valence-corrected chi connectivity index (χ2v) is 7.59. The van der Waals surface area contributed by atoms with Gasteiger partial charge in [0.2, 0.25) is 0 Å². The van der Waals surface area contributed by atoms with E-state index >= 15 is 0 Å². The number of ether oxygens (including phenoxy) is 1. The molecule has 2 amide bonds. The summed E-state index contributed by atoms with van der Waals surface area (Å²) in [6.45, 7) is 4.09. The van der Waals surface area contributed by atoms with Crippen LogP contribution in [0.2, 0.25) is 0 Å². The molecule has 0 aromatic heterocycles. The highest BCUT2D eigenvalue weighted by Crippen LogP contribution is 2.24. The molecule has 3 rings (SSSR count). The number of hydrogen-bond acceptors (Lipinski definition) is 4. The molecule has 0 aliphatic carbocycles. The predicted molar refractivity (Wildman–Crippen MR) is 111 cm³/mol. The molecule has 1 saturated heterocycles. The topological polar surface area (TPSA) is 75.7 Å². The number of nitrogens with zero attached hydrogens (tertiary/aromatic N) is 1. The van der Waals surface area contributed by atoms with Gasteiger partial charge in [0, 0.05) is 31.8 Å². The molecular formula is C23H25FN2O4. The van der Waals surface area contributed by atoms with Gasteiger partial charge in [-0.1, -0.05) is 18.2 Å². The molecule has 30 heavy (non-hydrogen) atoms. The molecule has 1 aliphatic rings. The van der Waals surface area contributed by atoms with Crippen molar-refractivity contribution in [3.05, 3.63) is 59.4 Å². The number of piperidine rings is 1. The Morgan fingerprint density at radius 3 is 2.40 bits per heavy atom. The van der Waals surface area contributed by atoms with E-state index in [4.69, 9.17) is 4.74 Å². The van der Waals surface area contributed by atoms with Crippen LogP contribution in [0.3, 0.4) is 0 Å². The Kier molecular flexibility index (Phi) is 6.82. The third-order valence-electron chi connectivity index (χ3n) is 5.23. The first-order valence-electron chi connectivity index (χ1n) is 9.95. The fourth-order valence-corrected chi connectivity index (χ4v) is 3.56. The number of benzene rings is 2. The summed E-state index contributed by atoms with van der Waals surface area (Å²) in [6, 6.07) is 11.4. The minimum absolute atomic E-state index is 0.251. The molecule has 0 bridgehead atoms. The second-order valence-electron chi connectivity index (χ2n) is 7.59. The zero-order valence-electron chi connectivity index (χ0n) is 17.1. The smallest absolute Gasteiger partial charge is 0.313 e. The van der Waals surface area contributed by atoms with E-state index in [2.05, 4.69) is 5.32 Å². The van der Waals surface area contributed by atoms with Crippen LogP contribution in [0.5, 0.6) is 5.75 Å². The van der Waals surface area contributed by atoms with E-state index in [9.17, 15) is 18.8 Å². The molecule has 6 nitrogen and oxygen atoms in total. The Balaban J connectivity index is 1.53. The van der Waals surface area contributed by atoms with Crippen molar-refractivity contribution < 1.29 is 23.5 Å². The summed E-state index contributed by atoms with van der Waals surface area (Å²) in [5, 5.41) is 2.58. The van der Waals surface area contributed by atoms with E-state index < -0.39 is 17.8 Å². The number of carbonyl (C=O) groups excluding carboxylic acids is 3. The van der Waals surface area contributed by atoms with E-state index in [1.54, 1.807) is 36.1 Å². The Morgan fingerprint density at radius 1 is 1.10 bits per heavy atom. The molecule has 0 atom stereocenters. The zero-order valence-corrected chi connectivity index (χ0v) is 17.1. The number of likely N-dealkylation sites (tertiary alicyclic amines) is 1. The highest BCUT2D eigenvalue weighted by molar-refractivity contribution is 6.39. The minimum Gasteiger partial charge on any atom is -0.426 e. The zero-order chi connectivity index (χ0) is 21.7. The standard InChI is InChI=1S/C23H25FN2O4/c1-15-3-8-20(14-21(15)30-16(2)27)25-22(28)23(29)26-11-9-18(10-12-26)13-17-4-6-19(24)7-5-17/h3-8,14,18H,9-13H2,1-2H3,(H,25,28). The summed E-state index contributed by atoms with van der Waals surface area (Å²) in [5.74, 6) is -1.27. The largest absolute Gasteiger partial charge is 0.426 e. The maximum atomic E-state index is 13.0. The van der Waals surface area contributed by atoms with Crippen molar-refractivity contribution in [3.8, 4) is 5.75 Å². The third-order valence-corrected chi connectivity index (χ3v) is 5.23. The number of anilines is 1. The van der Waals surface area contributed by atoms with Gasteiger partial charge in [-0.15, -0.1) is 0 Å². The molecule has 1 fully saturated rings. The molecule has 1 N–H and O–H groups in total. The molecule has 2 aromatic rings. The van der Waals surface area contributed by atoms with Crippen molar-refractivity contribution in [2.45, 2.75) is 33.1 Å². The van der Waals surface area contributed by atoms with Crippen LogP contribution in [-0.2, 0) is 20.8 Å². The summed E-state index contributed by atoms with van der Waals surface area (Å²) in [7, 11) is 0. The van der Waals surface area contributed by atoms with Crippen molar-refractivity contribution in [2.75, 3.05) is 18.4 Å². The van der Waals surface area contributed by atoms with Gasteiger partial charge in [0.15, 0.2) is 0 Å². The van der Waals surface area contributed by atoms with Crippen molar-refractivity contribution >= 4 is 23.5 Å². The van der Waals surface area contributed by atoms with Gasteiger partial charge in [0.25, 0.3) is 0 Å². The molecule has 2 aromatic carbocycles. The Bertz CT molecular complexity index is 935. The summed E-state index contributed by atoms with van der Waals surface area (Å²) < 4.78 is 18.1. The number of halogens is 1. The number of amides is 2. The molecule has 7 heteroatoms. The fraction of sp³-hybridized carbons (Fsp3) is 0.348. The second kappa shape index (κ2) is 9.52. The van der Waals surface area contributed by atoms with Gasteiger partial charge in [0.05, 0.1) is 0 Å².